The summed E-state index contributed by atoms with van der Waals surface area (Å²) in [6.45, 7) is 25.1. The van der Waals surface area contributed by atoms with Crippen LogP contribution in [0.5, 0.6) is 0 Å². The molecule has 0 saturated carbocycles. The van der Waals surface area contributed by atoms with Crippen molar-refractivity contribution in [1.82, 2.24) is 29.5 Å². The third-order valence-corrected chi connectivity index (χ3v) is 20.2. The summed E-state index contributed by atoms with van der Waals surface area (Å²) in [5.74, 6) is -0.772. The lowest BCUT2D eigenvalue weighted by atomic mass is 9.91. The van der Waals surface area contributed by atoms with Crippen LogP contribution in [0.4, 0.5) is 58.4 Å². The minimum Gasteiger partial charge on any atom is -0.396 e. The normalized spacial score (nSPS) is 20.2. The minimum atomic E-state index is -2.81. The molecule has 14 rings (SSSR count). The van der Waals surface area contributed by atoms with E-state index in [0.29, 0.717) is 72.8 Å². The standard InChI is InChI=1S/C15H16F3N3O.C15H20FN5O.C13H18FNO.C12H14F2O.C12H17FN2O.C9H10F2O.C8H9F2NO.ClH/c1-15(2)6-10(7-22-15)9-3-4-12(11(16)5-9)21-14(13(17)18)19-8-20-21;1-15(2)6-10(7-22-15)9-3-4-11(16)12(5-9)21-14(13(17)18)19-8-20-21;1-13(2)6-11(8-16-13)9-3-4-12(14)10(5-9)7-15;1-12(2)6-9(7-15-12)8-3-4-10(13)11(14)5-8;1-12(2)6-9(7-16-12)8-3-4-11(15-14)10(13)5-8;1-6(5-12)7-2-3-8(10)9(11)4-7;9-6-2-1-5(3-7(6)10)8(11)4-12;/h3-5,8,10,13H,6-7H2,1-2H3;3-5,8,10,13H,6-7,17-18H2,1-2H3;3-5,11H,6-8,15H2,1-2H3;3-5,9H,6-7H2,1-2H3;3-5,9,15H,6-7,14H2,1-2H3;2-4,6,12H,5H2,1H3;1-3,8,12H,4,11H2;1H/t2*10-;11-;2*9-;6-;8-;/m1111111./s1. The number of halogens is 13. The fourth-order valence-corrected chi connectivity index (χ4v) is 13.8. The summed E-state index contributed by atoms with van der Waals surface area (Å²) in [7, 11) is 0. The lowest BCUT2D eigenvalue weighted by molar-refractivity contribution is 0.0357. The van der Waals surface area contributed by atoms with Gasteiger partial charge in [0.2, 0.25) is 0 Å². The summed E-state index contributed by atoms with van der Waals surface area (Å²) in [5.41, 5.74) is 30.7. The smallest absolute Gasteiger partial charge is 0.297 e. The average molecular weight is 1660 g/mol. The molecule has 7 aromatic carbocycles. The number of nitrogens with two attached hydrogens (primary N) is 5. The summed E-state index contributed by atoms with van der Waals surface area (Å²) in [6, 6.07) is 30.2. The fraction of sp³-hybridized carbons (Fsp3) is 0.452. The molecule has 13 N–H and O–H groups in total. The first-order chi connectivity index (χ1) is 54.0. The summed E-state index contributed by atoms with van der Waals surface area (Å²) >= 11 is 0. The fourth-order valence-electron chi connectivity index (χ4n) is 13.8. The molecule has 0 radical (unpaired) electrons. The van der Waals surface area contributed by atoms with Gasteiger partial charge in [-0.15, -0.1) is 12.4 Å². The van der Waals surface area contributed by atoms with E-state index in [9.17, 15) is 52.7 Å². The first kappa shape index (κ1) is 94.7. The maximum absolute atomic E-state index is 14.3. The molecular weight excluding hydrogens is 1550 g/mol. The molecule has 19 nitrogen and oxygen atoms in total. The highest BCUT2D eigenvalue weighted by atomic mass is 35.5. The van der Waals surface area contributed by atoms with E-state index >= 15 is 0 Å². The van der Waals surface area contributed by atoms with E-state index in [4.69, 9.17) is 62.7 Å². The highest BCUT2D eigenvalue weighted by Gasteiger charge is 2.38. The Morgan fingerprint density at radius 1 is 0.422 bits per heavy atom. The topological polar surface area (TPSA) is 290 Å². The van der Waals surface area contributed by atoms with E-state index in [2.05, 4.69) is 67.1 Å². The number of alkyl halides is 2. The monoisotopic (exact) mass is 1660 g/mol. The molecule has 5 aliphatic rings. The van der Waals surface area contributed by atoms with Gasteiger partial charge in [-0.25, -0.2) is 72.0 Å². The largest absolute Gasteiger partial charge is 0.396 e. The van der Waals surface area contributed by atoms with E-state index in [1.165, 1.54) is 65.6 Å². The third-order valence-electron chi connectivity index (χ3n) is 20.2. The van der Waals surface area contributed by atoms with E-state index in [-0.39, 0.29) is 107 Å². The van der Waals surface area contributed by atoms with Gasteiger partial charge in [0, 0.05) is 54.2 Å². The number of rotatable bonds is 15. The van der Waals surface area contributed by atoms with E-state index in [1.807, 2.05) is 45.9 Å². The summed E-state index contributed by atoms with van der Waals surface area (Å²) in [6.07, 6.45) is 3.08. The van der Waals surface area contributed by atoms with Crippen LogP contribution < -0.4 is 34.2 Å². The lowest BCUT2D eigenvalue weighted by Crippen LogP contribution is -2.25. The number of aliphatic hydroxyl groups excluding tert-OH is 2. The van der Waals surface area contributed by atoms with Crippen LogP contribution >= 0.6 is 12.4 Å². The van der Waals surface area contributed by atoms with Crippen molar-refractivity contribution in [2.75, 3.05) is 51.7 Å². The number of nitrogens with zero attached hydrogens (tertiary/aromatic N) is 6. The molecule has 9 aromatic rings. The Hall–Kier alpha value is -8.41. The lowest BCUT2D eigenvalue weighted by Gasteiger charge is -2.16. The average Bonchev–Trinajstić information content (AvgIpc) is 1.63. The Balaban J connectivity index is 0.000000189. The van der Waals surface area contributed by atoms with Gasteiger partial charge >= 0.3 is 0 Å². The SMILES string of the molecule is CC1(C)C[C@@H](c2ccc(-n3ncnc3C(F)F)c(F)c2)CO1.CC1(C)C[C@@H](c2ccc(F)c(-n3ncnc3C(N)N)c2)CO1.CC1(C)C[C@@H](c2ccc(F)c(CN)c2)CO1.CC1(C)C[C@@H](c2ccc(F)c(F)c2)CO1.CC1(C)C[C@@H](c2ccc(NN)c(F)c2)CO1.C[C@H](CO)c1ccc(F)c(F)c1.Cl.N[C@H](CO)c1ccc(F)c(F)c1. The van der Waals surface area contributed by atoms with Gasteiger partial charge in [0.25, 0.3) is 6.43 Å². The Bertz CT molecular complexity index is 4610. The third kappa shape index (κ3) is 26.3. The van der Waals surface area contributed by atoms with Crippen molar-refractivity contribution >= 4 is 18.1 Å². The van der Waals surface area contributed by atoms with Gasteiger partial charge in [0.05, 0.1) is 79.4 Å². The highest BCUT2D eigenvalue weighted by molar-refractivity contribution is 5.85. The number of hydrogen-bond acceptors (Lipinski definition) is 17. The quantitative estimate of drug-likeness (QED) is 0.0205. The number of hydrogen-bond donors (Lipinski definition) is 8. The zero-order valence-electron chi connectivity index (χ0n) is 66.6. The van der Waals surface area contributed by atoms with Crippen molar-refractivity contribution in [3.63, 3.8) is 0 Å². The number of anilines is 1. The number of benzene rings is 7. The Kier molecular flexibility index (Phi) is 33.7. The number of nitrogens with one attached hydrogen (secondary N) is 1. The van der Waals surface area contributed by atoms with Crippen LogP contribution in [-0.2, 0) is 30.2 Å². The second-order valence-electron chi connectivity index (χ2n) is 32.0. The molecule has 7 atom stereocenters. The van der Waals surface area contributed by atoms with Crippen LogP contribution in [0.15, 0.2) is 140 Å². The van der Waals surface area contributed by atoms with Gasteiger partial charge in [0.15, 0.2) is 46.6 Å². The van der Waals surface area contributed by atoms with Crippen LogP contribution in [0.1, 0.15) is 219 Å². The molecule has 0 amide bonds. The first-order valence-electron chi connectivity index (χ1n) is 37.5. The van der Waals surface area contributed by atoms with Crippen LogP contribution in [0, 0.1) is 58.2 Å². The Morgan fingerprint density at radius 2 is 0.776 bits per heavy atom. The van der Waals surface area contributed by atoms with Gasteiger partial charge in [-0.2, -0.15) is 10.2 Å². The van der Waals surface area contributed by atoms with Crippen molar-refractivity contribution in [2.45, 2.75) is 197 Å². The number of hydrazine groups is 1. The van der Waals surface area contributed by atoms with Crippen molar-refractivity contribution < 1.29 is 86.6 Å². The number of aromatic nitrogens is 6. The zero-order chi connectivity index (χ0) is 84.7. The molecule has 5 fully saturated rings. The predicted octanol–water partition coefficient (Wildman–Crippen LogP) is 16.9. The molecule has 5 aliphatic heterocycles. The zero-order valence-corrected chi connectivity index (χ0v) is 67.4. The molecule has 116 heavy (non-hydrogen) atoms. The molecular formula is C84H105ClF12N12O7. The maximum atomic E-state index is 14.3. The molecule has 634 valence electrons. The van der Waals surface area contributed by atoms with Gasteiger partial charge in [0.1, 0.15) is 53.5 Å². The van der Waals surface area contributed by atoms with Crippen molar-refractivity contribution in [3.05, 3.63) is 254 Å². The number of aliphatic hydroxyl groups is 2. The molecule has 0 aliphatic carbocycles. The maximum Gasteiger partial charge on any atom is 0.297 e. The number of ether oxygens (including phenoxy) is 5. The summed E-state index contributed by atoms with van der Waals surface area (Å²) < 4.78 is 187. The molecule has 0 unspecified atom stereocenters. The van der Waals surface area contributed by atoms with Gasteiger partial charge in [-0.3, -0.25) is 5.84 Å². The Morgan fingerprint density at radius 3 is 1.15 bits per heavy atom. The van der Waals surface area contributed by atoms with E-state index < -0.39 is 71.0 Å². The van der Waals surface area contributed by atoms with Crippen LogP contribution in [0.25, 0.3) is 11.4 Å². The predicted molar refractivity (Wildman–Crippen MR) is 420 cm³/mol. The molecule has 0 bridgehead atoms. The van der Waals surface area contributed by atoms with E-state index in [1.54, 1.807) is 37.3 Å². The second kappa shape index (κ2) is 41.3. The second-order valence-corrected chi connectivity index (χ2v) is 32.0. The first-order valence-corrected chi connectivity index (χ1v) is 37.5. The Labute approximate surface area is 674 Å². The van der Waals surface area contributed by atoms with Crippen LogP contribution in [0.2, 0.25) is 0 Å². The molecule has 7 heterocycles. The van der Waals surface area contributed by atoms with Crippen molar-refractivity contribution in [3.8, 4) is 11.4 Å². The number of nitrogen functional groups attached to an aromatic ring is 1. The molecule has 2 aromatic heterocycles. The van der Waals surface area contributed by atoms with E-state index in [0.717, 1.165) is 95.2 Å². The molecule has 32 heteroatoms. The molecule has 5 saturated heterocycles. The highest BCUT2D eigenvalue weighted by Crippen LogP contribution is 2.42. The van der Waals surface area contributed by atoms with Gasteiger partial charge in [-0.1, -0.05) is 55.5 Å². The minimum absolute atomic E-state index is 0. The van der Waals surface area contributed by atoms with Gasteiger partial charge < -0.3 is 62.3 Å². The van der Waals surface area contributed by atoms with Gasteiger partial charge in [-0.05, 0) is 219 Å². The van der Waals surface area contributed by atoms with Crippen LogP contribution in [-0.4, -0.2) is 114 Å². The molecule has 0 spiro atoms. The summed E-state index contributed by atoms with van der Waals surface area (Å²) in [4.78, 5) is 7.46. The summed E-state index contributed by atoms with van der Waals surface area (Å²) in [5, 5.41) is 25.1. The van der Waals surface area contributed by atoms with Crippen molar-refractivity contribution in [2.24, 2.45) is 28.8 Å². The van der Waals surface area contributed by atoms with Crippen molar-refractivity contribution in [1.29, 1.82) is 0 Å². The van der Waals surface area contributed by atoms with Crippen LogP contribution in [0.3, 0.4) is 0 Å².